The number of carbonyl (C=O) groups is 1. The molecule has 7 heteroatoms. The summed E-state index contributed by atoms with van der Waals surface area (Å²) in [4.78, 5) is 15.9. The van der Waals surface area contributed by atoms with Crippen LogP contribution in [0.5, 0.6) is 5.75 Å². The molecule has 2 aromatic rings. The van der Waals surface area contributed by atoms with Crippen molar-refractivity contribution >= 4 is 11.6 Å². The molecule has 102 valence electrons. The summed E-state index contributed by atoms with van der Waals surface area (Å²) in [6.45, 7) is 1.71. The lowest BCUT2D eigenvalue weighted by Gasteiger charge is -2.14. The number of rotatable bonds is 4. The van der Waals surface area contributed by atoms with E-state index in [1.807, 2.05) is 6.07 Å². The van der Waals surface area contributed by atoms with Gasteiger partial charge in [0.25, 0.3) is 0 Å². The van der Waals surface area contributed by atoms with Crippen LogP contribution in [0.3, 0.4) is 0 Å². The van der Waals surface area contributed by atoms with E-state index in [0.29, 0.717) is 17.0 Å². The number of nitriles is 1. The Morgan fingerprint density at radius 3 is 2.95 bits per heavy atom. The Bertz CT molecular complexity index is 645. The average Bonchev–Trinajstić information content (AvgIpc) is 3.00. The van der Waals surface area contributed by atoms with E-state index in [1.165, 1.54) is 24.4 Å². The second-order valence-corrected chi connectivity index (χ2v) is 4.07. The highest BCUT2D eigenvalue weighted by molar-refractivity contribution is 5.94. The SMILES string of the molecule is COc1cc(C#N)ccc1NC(=O)C(C)n1cncn1. The van der Waals surface area contributed by atoms with Crippen LogP contribution in [0.1, 0.15) is 18.5 Å². The highest BCUT2D eigenvalue weighted by Gasteiger charge is 2.17. The summed E-state index contributed by atoms with van der Waals surface area (Å²) < 4.78 is 6.61. The number of hydrogen-bond donors (Lipinski definition) is 1. The Balaban J connectivity index is 2.18. The van der Waals surface area contributed by atoms with Gasteiger partial charge in [-0.2, -0.15) is 10.4 Å². The molecule has 0 bridgehead atoms. The van der Waals surface area contributed by atoms with Crippen LogP contribution in [0.15, 0.2) is 30.9 Å². The van der Waals surface area contributed by atoms with Gasteiger partial charge in [0, 0.05) is 6.07 Å². The van der Waals surface area contributed by atoms with Gasteiger partial charge in [0.1, 0.15) is 24.4 Å². The Kier molecular flexibility index (Phi) is 3.96. The van der Waals surface area contributed by atoms with E-state index < -0.39 is 6.04 Å². The molecule has 1 aromatic carbocycles. The molecule has 1 heterocycles. The summed E-state index contributed by atoms with van der Waals surface area (Å²) in [6.07, 6.45) is 2.84. The molecular weight excluding hydrogens is 258 g/mol. The van der Waals surface area contributed by atoms with Crippen molar-refractivity contribution in [2.45, 2.75) is 13.0 Å². The van der Waals surface area contributed by atoms with Crippen molar-refractivity contribution in [3.63, 3.8) is 0 Å². The molecule has 0 aliphatic heterocycles. The molecule has 2 rings (SSSR count). The first-order valence-corrected chi connectivity index (χ1v) is 5.89. The zero-order chi connectivity index (χ0) is 14.5. The van der Waals surface area contributed by atoms with E-state index in [4.69, 9.17) is 10.00 Å². The maximum Gasteiger partial charge on any atom is 0.249 e. The largest absolute Gasteiger partial charge is 0.495 e. The van der Waals surface area contributed by atoms with Crippen molar-refractivity contribution in [3.8, 4) is 11.8 Å². The molecule has 1 N–H and O–H groups in total. The van der Waals surface area contributed by atoms with Gasteiger partial charge < -0.3 is 10.1 Å². The van der Waals surface area contributed by atoms with Crippen molar-refractivity contribution < 1.29 is 9.53 Å². The summed E-state index contributed by atoms with van der Waals surface area (Å²) >= 11 is 0. The minimum atomic E-state index is -0.502. The van der Waals surface area contributed by atoms with Crippen LogP contribution in [0.4, 0.5) is 5.69 Å². The van der Waals surface area contributed by atoms with Crippen LogP contribution in [-0.4, -0.2) is 27.8 Å². The highest BCUT2D eigenvalue weighted by Crippen LogP contribution is 2.26. The number of benzene rings is 1. The fourth-order valence-corrected chi connectivity index (χ4v) is 1.64. The fourth-order valence-electron chi connectivity index (χ4n) is 1.64. The van der Waals surface area contributed by atoms with Gasteiger partial charge in [-0.05, 0) is 19.1 Å². The first-order chi connectivity index (χ1) is 9.65. The predicted octanol–water partition coefficient (Wildman–Crippen LogP) is 1.36. The maximum atomic E-state index is 12.1. The van der Waals surface area contributed by atoms with Gasteiger partial charge in [-0.3, -0.25) is 4.79 Å². The van der Waals surface area contributed by atoms with Gasteiger partial charge in [-0.1, -0.05) is 0 Å². The Hall–Kier alpha value is -2.88. The molecule has 0 saturated heterocycles. The van der Waals surface area contributed by atoms with Crippen molar-refractivity contribution in [2.75, 3.05) is 12.4 Å². The van der Waals surface area contributed by atoms with Crippen molar-refractivity contribution in [3.05, 3.63) is 36.4 Å². The number of aromatic nitrogens is 3. The quantitative estimate of drug-likeness (QED) is 0.906. The Morgan fingerprint density at radius 2 is 2.35 bits per heavy atom. The number of methoxy groups -OCH3 is 1. The molecule has 0 fully saturated rings. The first kappa shape index (κ1) is 13.5. The second-order valence-electron chi connectivity index (χ2n) is 4.07. The Labute approximate surface area is 115 Å². The number of ether oxygens (including phenoxy) is 1. The van der Waals surface area contributed by atoms with E-state index in [-0.39, 0.29) is 5.91 Å². The standard InChI is InChI=1S/C13H13N5O2/c1-9(18-8-15-7-16-18)13(19)17-11-4-3-10(6-14)5-12(11)20-2/h3-5,7-9H,1-2H3,(H,17,19). The van der Waals surface area contributed by atoms with Gasteiger partial charge in [0.05, 0.1) is 24.4 Å². The van der Waals surface area contributed by atoms with E-state index >= 15 is 0 Å². The molecule has 0 radical (unpaired) electrons. The predicted molar refractivity (Wildman–Crippen MR) is 71.1 cm³/mol. The van der Waals surface area contributed by atoms with Crippen LogP contribution >= 0.6 is 0 Å². The van der Waals surface area contributed by atoms with Crippen molar-refractivity contribution in [1.82, 2.24) is 14.8 Å². The molecule has 7 nitrogen and oxygen atoms in total. The Morgan fingerprint density at radius 1 is 1.55 bits per heavy atom. The van der Waals surface area contributed by atoms with Gasteiger partial charge in [0.2, 0.25) is 5.91 Å². The monoisotopic (exact) mass is 271 g/mol. The minimum absolute atomic E-state index is 0.251. The number of nitrogens with one attached hydrogen (secondary N) is 1. The summed E-state index contributed by atoms with van der Waals surface area (Å²) in [6, 6.07) is 6.31. The third-order valence-electron chi connectivity index (χ3n) is 2.80. The van der Waals surface area contributed by atoms with Crippen LogP contribution < -0.4 is 10.1 Å². The molecule has 0 saturated carbocycles. The third kappa shape index (κ3) is 2.75. The number of amides is 1. The molecule has 20 heavy (non-hydrogen) atoms. The zero-order valence-corrected chi connectivity index (χ0v) is 11.1. The maximum absolute atomic E-state index is 12.1. The molecule has 1 atom stereocenters. The highest BCUT2D eigenvalue weighted by atomic mass is 16.5. The van der Waals surface area contributed by atoms with E-state index in [1.54, 1.807) is 25.1 Å². The molecule has 0 aliphatic carbocycles. The topological polar surface area (TPSA) is 92.8 Å². The number of hydrogen-bond acceptors (Lipinski definition) is 5. The van der Waals surface area contributed by atoms with Gasteiger partial charge in [-0.25, -0.2) is 9.67 Å². The first-order valence-electron chi connectivity index (χ1n) is 5.89. The van der Waals surface area contributed by atoms with Crippen LogP contribution in [0, 0.1) is 11.3 Å². The molecule has 1 aromatic heterocycles. The molecule has 0 spiro atoms. The number of carbonyl (C=O) groups excluding carboxylic acids is 1. The van der Waals surface area contributed by atoms with Crippen LogP contribution in [-0.2, 0) is 4.79 Å². The lowest BCUT2D eigenvalue weighted by Crippen LogP contribution is -2.24. The lowest BCUT2D eigenvalue weighted by atomic mass is 10.2. The second kappa shape index (κ2) is 5.84. The number of nitrogens with zero attached hydrogens (tertiary/aromatic N) is 4. The van der Waals surface area contributed by atoms with Crippen molar-refractivity contribution in [2.24, 2.45) is 0 Å². The van der Waals surface area contributed by atoms with Gasteiger partial charge in [-0.15, -0.1) is 0 Å². The summed E-state index contributed by atoms with van der Waals surface area (Å²) in [5, 5.41) is 15.5. The zero-order valence-electron chi connectivity index (χ0n) is 11.1. The molecule has 1 amide bonds. The van der Waals surface area contributed by atoms with E-state index in [2.05, 4.69) is 15.4 Å². The molecule has 0 aliphatic rings. The minimum Gasteiger partial charge on any atom is -0.495 e. The molecule has 1 unspecified atom stereocenters. The number of anilines is 1. The summed E-state index contributed by atoms with van der Waals surface area (Å²) in [7, 11) is 1.48. The van der Waals surface area contributed by atoms with Crippen molar-refractivity contribution in [1.29, 1.82) is 5.26 Å². The molecular formula is C13H13N5O2. The average molecular weight is 271 g/mol. The lowest BCUT2D eigenvalue weighted by molar-refractivity contribution is -0.119. The normalized spacial score (nSPS) is 11.4. The van der Waals surface area contributed by atoms with Gasteiger partial charge >= 0.3 is 0 Å². The van der Waals surface area contributed by atoms with Gasteiger partial charge in [0.15, 0.2) is 0 Å². The van der Waals surface area contributed by atoms with E-state index in [0.717, 1.165) is 0 Å². The smallest absolute Gasteiger partial charge is 0.249 e. The van der Waals surface area contributed by atoms with Crippen LogP contribution in [0.2, 0.25) is 0 Å². The summed E-state index contributed by atoms with van der Waals surface area (Å²) in [5.74, 6) is 0.182. The van der Waals surface area contributed by atoms with E-state index in [9.17, 15) is 4.79 Å². The van der Waals surface area contributed by atoms with Crippen LogP contribution in [0.25, 0.3) is 0 Å². The fraction of sp³-hybridized carbons (Fsp3) is 0.231. The summed E-state index contributed by atoms with van der Waals surface area (Å²) in [5.41, 5.74) is 0.965. The third-order valence-corrected chi connectivity index (χ3v) is 2.80.